The van der Waals surface area contributed by atoms with E-state index in [0.717, 1.165) is 0 Å². The lowest BCUT2D eigenvalue weighted by Crippen LogP contribution is -1.96. The van der Waals surface area contributed by atoms with E-state index in [1.807, 2.05) is 0 Å². The zero-order chi connectivity index (χ0) is 20.4. The molecule has 0 saturated heterocycles. The van der Waals surface area contributed by atoms with Gasteiger partial charge in [-0.05, 0) is 24.3 Å². The van der Waals surface area contributed by atoms with Gasteiger partial charge in [0, 0.05) is 24.7 Å². The van der Waals surface area contributed by atoms with Crippen molar-refractivity contribution < 1.29 is 13.7 Å². The van der Waals surface area contributed by atoms with Gasteiger partial charge in [0.15, 0.2) is 11.0 Å². The van der Waals surface area contributed by atoms with Crippen molar-refractivity contribution in [3.8, 4) is 22.8 Å². The Labute approximate surface area is 167 Å². The molecule has 0 radical (unpaired) electrons. The van der Waals surface area contributed by atoms with Crippen molar-refractivity contribution in [2.75, 3.05) is 0 Å². The van der Waals surface area contributed by atoms with Crippen molar-refractivity contribution in [2.24, 2.45) is 7.05 Å². The lowest BCUT2D eigenvalue weighted by molar-refractivity contribution is -0.384. The van der Waals surface area contributed by atoms with E-state index in [1.54, 1.807) is 41.9 Å². The van der Waals surface area contributed by atoms with Crippen LogP contribution in [0.1, 0.15) is 5.89 Å². The van der Waals surface area contributed by atoms with Crippen molar-refractivity contribution in [1.29, 1.82) is 0 Å². The third-order valence-corrected chi connectivity index (χ3v) is 5.07. The zero-order valence-corrected chi connectivity index (χ0v) is 15.8. The second-order valence-corrected chi connectivity index (χ2v) is 6.88. The van der Waals surface area contributed by atoms with Crippen LogP contribution in [-0.4, -0.2) is 29.9 Å². The van der Waals surface area contributed by atoms with E-state index in [1.165, 1.54) is 30.0 Å². The van der Waals surface area contributed by atoms with E-state index in [0.29, 0.717) is 33.8 Å². The minimum atomic E-state index is -0.476. The molecule has 0 bridgehead atoms. The number of nitro benzene ring substituents is 1. The lowest BCUT2D eigenvalue weighted by atomic mass is 10.2. The second-order valence-electron chi connectivity index (χ2n) is 5.94. The normalized spacial score (nSPS) is 11.0. The first-order valence-electron chi connectivity index (χ1n) is 8.37. The molecule has 4 rings (SSSR count). The number of benzene rings is 2. The van der Waals surface area contributed by atoms with E-state index >= 15 is 0 Å². The fourth-order valence-corrected chi connectivity index (χ4v) is 3.35. The SMILES string of the molecule is Cn1c(SCc2nnc(-c3ccc([N+](=O)[O-])cc3)o2)nnc1-c1ccccc1F. The van der Waals surface area contributed by atoms with Crippen LogP contribution >= 0.6 is 11.8 Å². The van der Waals surface area contributed by atoms with Crippen LogP contribution in [0.4, 0.5) is 10.1 Å². The standard InChI is InChI=1S/C18H13FN6O3S/c1-24-16(13-4-2-3-5-14(13)19)21-23-18(24)29-10-15-20-22-17(28-15)11-6-8-12(9-7-11)25(26)27/h2-9H,10H2,1H3. The first kappa shape index (κ1) is 18.7. The summed E-state index contributed by atoms with van der Waals surface area (Å²) in [5.41, 5.74) is 0.935. The van der Waals surface area contributed by atoms with Gasteiger partial charge in [-0.2, -0.15) is 0 Å². The van der Waals surface area contributed by atoms with Crippen molar-refractivity contribution in [1.82, 2.24) is 25.0 Å². The molecule has 2 aromatic heterocycles. The van der Waals surface area contributed by atoms with E-state index < -0.39 is 4.92 Å². The molecule has 0 saturated carbocycles. The Bertz CT molecular complexity index is 1170. The molecule has 0 aliphatic rings. The van der Waals surface area contributed by atoms with Crippen molar-refractivity contribution >= 4 is 17.4 Å². The number of rotatable bonds is 6. The number of non-ortho nitro benzene ring substituents is 1. The van der Waals surface area contributed by atoms with Crippen LogP contribution in [0.2, 0.25) is 0 Å². The predicted molar refractivity (Wildman–Crippen MR) is 102 cm³/mol. The number of hydrogen-bond acceptors (Lipinski definition) is 8. The summed E-state index contributed by atoms with van der Waals surface area (Å²) < 4.78 is 21.3. The van der Waals surface area contributed by atoms with Gasteiger partial charge in [-0.1, -0.05) is 23.9 Å². The van der Waals surface area contributed by atoms with Gasteiger partial charge in [0.2, 0.25) is 11.8 Å². The average Bonchev–Trinajstić information content (AvgIpc) is 3.34. The van der Waals surface area contributed by atoms with Crippen LogP contribution < -0.4 is 0 Å². The molecule has 2 aromatic carbocycles. The maximum atomic E-state index is 14.0. The van der Waals surface area contributed by atoms with Crippen LogP contribution in [0.25, 0.3) is 22.8 Å². The Morgan fingerprint density at radius 1 is 1.10 bits per heavy atom. The molecule has 0 N–H and O–H groups in total. The molecule has 0 aliphatic heterocycles. The highest BCUT2D eigenvalue weighted by Crippen LogP contribution is 2.27. The summed E-state index contributed by atoms with van der Waals surface area (Å²) in [7, 11) is 1.75. The number of thioether (sulfide) groups is 1. The molecule has 11 heteroatoms. The van der Waals surface area contributed by atoms with Gasteiger partial charge in [-0.3, -0.25) is 10.1 Å². The van der Waals surface area contributed by atoms with E-state index in [2.05, 4.69) is 20.4 Å². The second kappa shape index (κ2) is 7.80. The first-order chi connectivity index (χ1) is 14.0. The topological polar surface area (TPSA) is 113 Å². The first-order valence-corrected chi connectivity index (χ1v) is 9.36. The molecule has 0 amide bonds. The summed E-state index contributed by atoms with van der Waals surface area (Å²) in [6.07, 6.45) is 0. The minimum Gasteiger partial charge on any atom is -0.420 e. The van der Waals surface area contributed by atoms with Crippen molar-refractivity contribution in [2.45, 2.75) is 10.9 Å². The van der Waals surface area contributed by atoms with Gasteiger partial charge in [-0.15, -0.1) is 20.4 Å². The summed E-state index contributed by atoms with van der Waals surface area (Å²) in [6, 6.07) is 12.2. The van der Waals surface area contributed by atoms with Gasteiger partial charge in [0.1, 0.15) is 5.82 Å². The maximum Gasteiger partial charge on any atom is 0.269 e. The summed E-state index contributed by atoms with van der Waals surface area (Å²) in [6.45, 7) is 0. The Kier molecular flexibility index (Phi) is 5.04. The molecule has 29 heavy (non-hydrogen) atoms. The predicted octanol–water partition coefficient (Wildman–Crippen LogP) is 3.87. The molecule has 4 aromatic rings. The van der Waals surface area contributed by atoms with Crippen LogP contribution in [-0.2, 0) is 12.8 Å². The average molecular weight is 412 g/mol. The summed E-state index contributed by atoms with van der Waals surface area (Å²) >= 11 is 1.32. The third-order valence-electron chi connectivity index (χ3n) is 4.07. The monoisotopic (exact) mass is 412 g/mol. The van der Waals surface area contributed by atoms with Gasteiger partial charge in [-0.25, -0.2) is 4.39 Å². The van der Waals surface area contributed by atoms with Crippen molar-refractivity contribution in [3.63, 3.8) is 0 Å². The van der Waals surface area contributed by atoms with Gasteiger partial charge < -0.3 is 8.98 Å². The molecule has 146 valence electrons. The quantitative estimate of drug-likeness (QED) is 0.266. The molecular formula is C18H13FN6O3S. The molecule has 2 heterocycles. The molecule has 9 nitrogen and oxygen atoms in total. The highest BCUT2D eigenvalue weighted by molar-refractivity contribution is 7.98. The number of hydrogen-bond donors (Lipinski definition) is 0. The fourth-order valence-electron chi connectivity index (χ4n) is 2.60. The molecular weight excluding hydrogens is 399 g/mol. The van der Waals surface area contributed by atoms with Crippen molar-refractivity contribution in [3.05, 3.63) is 70.4 Å². The molecule has 0 atom stereocenters. The van der Waals surface area contributed by atoms with Gasteiger partial charge >= 0.3 is 0 Å². The summed E-state index contributed by atoms with van der Waals surface area (Å²) in [4.78, 5) is 10.3. The van der Waals surface area contributed by atoms with E-state index in [4.69, 9.17) is 4.42 Å². The largest absolute Gasteiger partial charge is 0.420 e. The van der Waals surface area contributed by atoms with E-state index in [9.17, 15) is 14.5 Å². The highest BCUT2D eigenvalue weighted by Gasteiger charge is 2.16. The number of aromatic nitrogens is 5. The molecule has 0 unspecified atom stereocenters. The Morgan fingerprint density at radius 2 is 1.86 bits per heavy atom. The lowest BCUT2D eigenvalue weighted by Gasteiger charge is -2.03. The number of nitrogens with zero attached hydrogens (tertiary/aromatic N) is 6. The summed E-state index contributed by atoms with van der Waals surface area (Å²) in [5, 5.41) is 27.4. The minimum absolute atomic E-state index is 0.0167. The number of halogens is 1. The molecule has 0 aliphatic carbocycles. The van der Waals surface area contributed by atoms with E-state index in [-0.39, 0.29) is 17.4 Å². The summed E-state index contributed by atoms with van der Waals surface area (Å²) in [5.74, 6) is 1.01. The Morgan fingerprint density at radius 3 is 2.59 bits per heavy atom. The van der Waals surface area contributed by atoms with Gasteiger partial charge in [0.05, 0.1) is 16.2 Å². The van der Waals surface area contributed by atoms with Crippen LogP contribution in [0.15, 0.2) is 58.1 Å². The Balaban J connectivity index is 1.47. The van der Waals surface area contributed by atoms with Crippen LogP contribution in [0, 0.1) is 15.9 Å². The third kappa shape index (κ3) is 3.85. The fraction of sp³-hybridized carbons (Fsp3) is 0.111. The molecule has 0 fully saturated rings. The van der Waals surface area contributed by atoms with Crippen LogP contribution in [0.3, 0.4) is 0 Å². The van der Waals surface area contributed by atoms with Crippen LogP contribution in [0.5, 0.6) is 0 Å². The smallest absolute Gasteiger partial charge is 0.269 e. The Hall–Kier alpha value is -3.60. The van der Waals surface area contributed by atoms with Gasteiger partial charge in [0.25, 0.3) is 5.69 Å². The maximum absolute atomic E-state index is 14.0. The zero-order valence-electron chi connectivity index (χ0n) is 15.0. The number of nitro groups is 1. The highest BCUT2D eigenvalue weighted by atomic mass is 32.2. The molecule has 0 spiro atoms.